The number of piperazine rings is 1. The van der Waals surface area contributed by atoms with Crippen LogP contribution < -0.4 is 20.9 Å². The van der Waals surface area contributed by atoms with Crippen molar-refractivity contribution in [3.05, 3.63) is 0 Å². The van der Waals surface area contributed by atoms with Gasteiger partial charge in [0.2, 0.25) is 17.8 Å². The Labute approximate surface area is 107 Å². The van der Waals surface area contributed by atoms with Gasteiger partial charge in [-0.3, -0.25) is 0 Å². The van der Waals surface area contributed by atoms with Crippen molar-refractivity contribution in [1.82, 2.24) is 20.3 Å². The lowest BCUT2D eigenvalue weighted by Crippen LogP contribution is -2.44. The van der Waals surface area contributed by atoms with E-state index in [0.29, 0.717) is 11.9 Å². The molecule has 1 aliphatic rings. The number of hydrogen-bond acceptors (Lipinski definition) is 7. The third kappa shape index (κ3) is 3.19. The van der Waals surface area contributed by atoms with Crippen LogP contribution in [0.5, 0.6) is 0 Å². The van der Waals surface area contributed by atoms with Crippen LogP contribution in [0.1, 0.15) is 13.8 Å². The highest BCUT2D eigenvalue weighted by molar-refractivity contribution is 5.44. The molecule has 0 atom stereocenters. The van der Waals surface area contributed by atoms with E-state index in [1.54, 1.807) is 0 Å². The van der Waals surface area contributed by atoms with Crippen LogP contribution in [0.4, 0.5) is 17.8 Å². The van der Waals surface area contributed by atoms with Gasteiger partial charge in [-0.2, -0.15) is 15.0 Å². The minimum absolute atomic E-state index is 0.636. The van der Waals surface area contributed by atoms with Gasteiger partial charge in [-0.05, 0) is 13.8 Å². The fourth-order valence-corrected chi connectivity index (χ4v) is 1.85. The molecule has 1 fully saturated rings. The Balaban J connectivity index is 2.20. The van der Waals surface area contributed by atoms with E-state index in [-0.39, 0.29) is 0 Å². The van der Waals surface area contributed by atoms with E-state index in [9.17, 15) is 0 Å². The Hall–Kier alpha value is -1.63. The maximum atomic E-state index is 4.45. The summed E-state index contributed by atoms with van der Waals surface area (Å²) >= 11 is 0. The molecule has 1 aromatic rings. The zero-order chi connectivity index (χ0) is 12.8. The Kier molecular flexibility index (Phi) is 4.52. The van der Waals surface area contributed by atoms with Crippen LogP contribution in [0, 0.1) is 0 Å². The highest BCUT2D eigenvalue weighted by Crippen LogP contribution is 2.13. The Bertz CT molecular complexity index is 351. The molecule has 100 valence electrons. The molecule has 18 heavy (non-hydrogen) atoms. The van der Waals surface area contributed by atoms with Gasteiger partial charge >= 0.3 is 0 Å². The van der Waals surface area contributed by atoms with Crippen LogP contribution >= 0.6 is 0 Å². The first-order valence-electron chi connectivity index (χ1n) is 6.53. The van der Waals surface area contributed by atoms with Crippen LogP contribution in [0.15, 0.2) is 0 Å². The molecule has 0 saturated carbocycles. The zero-order valence-corrected chi connectivity index (χ0v) is 11.0. The molecule has 2 rings (SSSR count). The van der Waals surface area contributed by atoms with Gasteiger partial charge in [0.05, 0.1) is 0 Å². The number of nitrogens with zero attached hydrogens (tertiary/aromatic N) is 4. The number of rotatable bonds is 5. The van der Waals surface area contributed by atoms with Gasteiger partial charge in [-0.15, -0.1) is 0 Å². The molecular formula is C11H21N7. The Morgan fingerprint density at radius 2 is 1.56 bits per heavy atom. The fraction of sp³-hybridized carbons (Fsp3) is 0.727. The molecular weight excluding hydrogens is 230 g/mol. The predicted molar refractivity (Wildman–Crippen MR) is 73.2 cm³/mol. The number of aromatic nitrogens is 3. The summed E-state index contributed by atoms with van der Waals surface area (Å²) in [5.41, 5.74) is 0. The van der Waals surface area contributed by atoms with E-state index in [2.05, 4.69) is 35.8 Å². The van der Waals surface area contributed by atoms with Crippen LogP contribution in [0.2, 0.25) is 0 Å². The number of hydrogen-bond donors (Lipinski definition) is 3. The molecule has 0 spiro atoms. The van der Waals surface area contributed by atoms with E-state index in [0.717, 1.165) is 45.2 Å². The van der Waals surface area contributed by atoms with Crippen molar-refractivity contribution in [1.29, 1.82) is 0 Å². The van der Waals surface area contributed by atoms with Gasteiger partial charge in [0, 0.05) is 39.3 Å². The highest BCUT2D eigenvalue weighted by atomic mass is 15.3. The molecule has 1 saturated heterocycles. The third-order valence-corrected chi connectivity index (χ3v) is 2.69. The first-order chi connectivity index (χ1) is 8.83. The maximum absolute atomic E-state index is 4.45. The van der Waals surface area contributed by atoms with Gasteiger partial charge in [-0.1, -0.05) is 0 Å². The normalized spacial score (nSPS) is 15.6. The van der Waals surface area contributed by atoms with Crippen LogP contribution in [-0.4, -0.2) is 54.2 Å². The lowest BCUT2D eigenvalue weighted by Gasteiger charge is -2.27. The van der Waals surface area contributed by atoms with Crippen molar-refractivity contribution in [3.8, 4) is 0 Å². The molecule has 2 heterocycles. The minimum Gasteiger partial charge on any atom is -0.354 e. The summed E-state index contributed by atoms with van der Waals surface area (Å²) in [4.78, 5) is 15.4. The standard InChI is InChI=1S/C11H21N7/c1-3-13-9-15-10(14-4-2)17-11(16-9)18-7-5-12-6-8-18/h12H,3-8H2,1-2H3,(H2,13,14,15,16,17). The molecule has 1 aliphatic heterocycles. The largest absolute Gasteiger partial charge is 0.354 e. The van der Waals surface area contributed by atoms with Crippen molar-refractivity contribution in [2.75, 3.05) is 54.8 Å². The second kappa shape index (κ2) is 6.34. The average Bonchev–Trinajstić information content (AvgIpc) is 2.40. The van der Waals surface area contributed by atoms with Gasteiger partial charge in [0.25, 0.3) is 0 Å². The van der Waals surface area contributed by atoms with Crippen molar-refractivity contribution in [2.45, 2.75) is 13.8 Å². The minimum atomic E-state index is 0.636. The van der Waals surface area contributed by atoms with E-state index in [1.807, 2.05) is 13.8 Å². The topological polar surface area (TPSA) is 78.0 Å². The second-order valence-corrected chi connectivity index (χ2v) is 4.08. The quantitative estimate of drug-likeness (QED) is 0.687. The first kappa shape index (κ1) is 12.8. The van der Waals surface area contributed by atoms with E-state index < -0.39 is 0 Å². The van der Waals surface area contributed by atoms with E-state index in [4.69, 9.17) is 0 Å². The fourth-order valence-electron chi connectivity index (χ4n) is 1.85. The molecule has 7 heteroatoms. The summed E-state index contributed by atoms with van der Waals surface area (Å²) in [6.45, 7) is 9.47. The summed E-state index contributed by atoms with van der Waals surface area (Å²) in [5.74, 6) is 2.02. The third-order valence-electron chi connectivity index (χ3n) is 2.69. The van der Waals surface area contributed by atoms with Gasteiger partial charge in [0.15, 0.2) is 0 Å². The first-order valence-corrected chi connectivity index (χ1v) is 6.53. The summed E-state index contributed by atoms with van der Waals surface area (Å²) in [7, 11) is 0. The monoisotopic (exact) mass is 251 g/mol. The summed E-state index contributed by atoms with van der Waals surface area (Å²) in [6, 6.07) is 0. The summed E-state index contributed by atoms with van der Waals surface area (Å²) in [5, 5.41) is 9.60. The molecule has 0 amide bonds. The highest BCUT2D eigenvalue weighted by Gasteiger charge is 2.15. The number of nitrogens with one attached hydrogen (secondary N) is 3. The Morgan fingerprint density at radius 1 is 1.00 bits per heavy atom. The van der Waals surface area contributed by atoms with E-state index >= 15 is 0 Å². The van der Waals surface area contributed by atoms with Crippen molar-refractivity contribution < 1.29 is 0 Å². The molecule has 1 aromatic heterocycles. The SMILES string of the molecule is CCNc1nc(NCC)nc(N2CCNCC2)n1. The van der Waals surface area contributed by atoms with Gasteiger partial charge in [0.1, 0.15) is 0 Å². The lowest BCUT2D eigenvalue weighted by atomic mass is 10.4. The van der Waals surface area contributed by atoms with Crippen LogP contribution in [0.25, 0.3) is 0 Å². The van der Waals surface area contributed by atoms with Crippen molar-refractivity contribution >= 4 is 17.8 Å². The summed E-state index contributed by atoms with van der Waals surface area (Å²) in [6.07, 6.45) is 0. The van der Waals surface area contributed by atoms with Crippen molar-refractivity contribution in [3.63, 3.8) is 0 Å². The maximum Gasteiger partial charge on any atom is 0.232 e. The lowest BCUT2D eigenvalue weighted by molar-refractivity contribution is 0.579. The second-order valence-electron chi connectivity index (χ2n) is 4.08. The molecule has 0 radical (unpaired) electrons. The predicted octanol–water partition coefficient (Wildman–Crippen LogP) is 0.145. The molecule has 0 unspecified atom stereocenters. The molecule has 0 aromatic carbocycles. The van der Waals surface area contributed by atoms with E-state index in [1.165, 1.54) is 0 Å². The molecule has 7 nitrogen and oxygen atoms in total. The molecule has 3 N–H and O–H groups in total. The van der Waals surface area contributed by atoms with Crippen LogP contribution in [-0.2, 0) is 0 Å². The van der Waals surface area contributed by atoms with Crippen molar-refractivity contribution in [2.24, 2.45) is 0 Å². The number of anilines is 3. The Morgan fingerprint density at radius 3 is 2.06 bits per heavy atom. The zero-order valence-electron chi connectivity index (χ0n) is 11.0. The smallest absolute Gasteiger partial charge is 0.232 e. The van der Waals surface area contributed by atoms with Gasteiger partial charge in [-0.25, -0.2) is 0 Å². The summed E-state index contributed by atoms with van der Waals surface area (Å²) < 4.78 is 0. The molecule has 0 bridgehead atoms. The molecule has 0 aliphatic carbocycles. The van der Waals surface area contributed by atoms with Crippen LogP contribution in [0.3, 0.4) is 0 Å². The van der Waals surface area contributed by atoms with Gasteiger partial charge < -0.3 is 20.9 Å². The average molecular weight is 251 g/mol.